The highest BCUT2D eigenvalue weighted by Gasteiger charge is 2.32. The van der Waals surface area contributed by atoms with Gasteiger partial charge in [-0.15, -0.1) is 5.10 Å². The zero-order valence-electron chi connectivity index (χ0n) is 15.9. The number of carbonyl (C=O) groups excluding carboxylic acids is 3. The van der Waals surface area contributed by atoms with Gasteiger partial charge in [-0.2, -0.15) is 0 Å². The monoisotopic (exact) mass is 374 g/mol. The molecule has 1 atom stereocenters. The van der Waals surface area contributed by atoms with Gasteiger partial charge in [-0.3, -0.25) is 4.79 Å². The van der Waals surface area contributed by atoms with Crippen LogP contribution in [0, 0.1) is 13.8 Å². The predicted molar refractivity (Wildman–Crippen MR) is 96.6 cm³/mol. The number of hydrogen-bond acceptors (Lipinski definition) is 7. The first-order valence-electron chi connectivity index (χ1n) is 8.33. The van der Waals surface area contributed by atoms with Crippen LogP contribution in [0.5, 0.6) is 0 Å². The number of carbonyl (C=O) groups is 3. The Morgan fingerprint density at radius 3 is 2.41 bits per heavy atom. The van der Waals surface area contributed by atoms with Crippen LogP contribution < -0.4 is 5.32 Å². The van der Waals surface area contributed by atoms with Gasteiger partial charge < -0.3 is 14.8 Å². The average molecular weight is 374 g/mol. The van der Waals surface area contributed by atoms with Gasteiger partial charge in [0.15, 0.2) is 5.69 Å². The number of esters is 2. The molecule has 144 valence electrons. The highest BCUT2D eigenvalue weighted by Crippen LogP contribution is 2.22. The predicted octanol–water partition coefficient (Wildman–Crippen LogP) is 2.06. The quantitative estimate of drug-likeness (QED) is 0.770. The van der Waals surface area contributed by atoms with Gasteiger partial charge in [-0.25, -0.2) is 14.3 Å². The van der Waals surface area contributed by atoms with Crippen molar-refractivity contribution in [1.82, 2.24) is 15.0 Å². The summed E-state index contributed by atoms with van der Waals surface area (Å²) in [4.78, 5) is 36.9. The summed E-state index contributed by atoms with van der Waals surface area (Å²) in [6, 6.07) is 4.82. The lowest BCUT2D eigenvalue weighted by Crippen LogP contribution is -2.29. The average Bonchev–Trinajstić information content (AvgIpc) is 3.08. The molecule has 2 rings (SSSR count). The minimum absolute atomic E-state index is 0.229. The van der Waals surface area contributed by atoms with Crippen molar-refractivity contribution in [3.63, 3.8) is 0 Å². The van der Waals surface area contributed by atoms with Crippen LogP contribution in [0.2, 0.25) is 0 Å². The molecule has 0 aliphatic heterocycles. The van der Waals surface area contributed by atoms with Crippen LogP contribution in [0.25, 0.3) is 0 Å². The molecule has 1 amide bonds. The van der Waals surface area contributed by atoms with Crippen LogP contribution in [0.4, 0.5) is 5.69 Å². The molecule has 2 aromatic rings. The van der Waals surface area contributed by atoms with Crippen molar-refractivity contribution in [2.24, 2.45) is 0 Å². The molecule has 1 N–H and O–H groups in total. The summed E-state index contributed by atoms with van der Waals surface area (Å²) in [5.41, 5.74) is 2.01. The summed E-state index contributed by atoms with van der Waals surface area (Å²) in [5.74, 6) is -2.07. The Bertz CT molecular complexity index is 875. The highest BCUT2D eigenvalue weighted by atomic mass is 16.5. The largest absolute Gasteiger partial charge is 0.464 e. The summed E-state index contributed by atoms with van der Waals surface area (Å²) in [7, 11) is 2.32. The van der Waals surface area contributed by atoms with Crippen LogP contribution >= 0.6 is 0 Å². The van der Waals surface area contributed by atoms with E-state index in [1.165, 1.54) is 0 Å². The van der Waals surface area contributed by atoms with E-state index in [1.54, 1.807) is 6.92 Å². The number of rotatable bonds is 6. The van der Waals surface area contributed by atoms with E-state index < -0.39 is 23.9 Å². The number of benzene rings is 1. The van der Waals surface area contributed by atoms with Crippen LogP contribution in [0.15, 0.2) is 18.2 Å². The smallest absolute Gasteiger partial charge is 0.361 e. The van der Waals surface area contributed by atoms with Gasteiger partial charge in [0.2, 0.25) is 11.6 Å². The van der Waals surface area contributed by atoms with Crippen molar-refractivity contribution < 1.29 is 23.9 Å². The lowest BCUT2D eigenvalue weighted by Gasteiger charge is -2.18. The number of nitrogens with zero attached hydrogens (tertiary/aromatic N) is 3. The summed E-state index contributed by atoms with van der Waals surface area (Å²) < 4.78 is 10.4. The first kappa shape index (κ1) is 20.1. The highest BCUT2D eigenvalue weighted by molar-refractivity contribution is 6.01. The Hall–Kier alpha value is -3.23. The zero-order valence-corrected chi connectivity index (χ0v) is 15.9. The number of aryl methyl sites for hydroxylation is 2. The Morgan fingerprint density at radius 2 is 1.81 bits per heavy atom. The normalized spacial score (nSPS) is 11.6. The molecule has 0 saturated heterocycles. The van der Waals surface area contributed by atoms with Crippen molar-refractivity contribution in [3.05, 3.63) is 40.7 Å². The molecule has 0 saturated carbocycles. The Labute approximate surface area is 156 Å². The van der Waals surface area contributed by atoms with Gasteiger partial charge in [0.05, 0.1) is 14.2 Å². The first-order valence-corrected chi connectivity index (χ1v) is 8.33. The maximum atomic E-state index is 12.9. The molecule has 9 nitrogen and oxygen atoms in total. The molecule has 1 aromatic heterocycles. The fourth-order valence-electron chi connectivity index (χ4n) is 2.59. The van der Waals surface area contributed by atoms with E-state index in [4.69, 9.17) is 4.74 Å². The maximum Gasteiger partial charge on any atom is 0.361 e. The van der Waals surface area contributed by atoms with Gasteiger partial charge in [-0.1, -0.05) is 24.3 Å². The molecule has 0 radical (unpaired) electrons. The molecule has 27 heavy (non-hydrogen) atoms. The standard InChI is InChI=1S/C18H22N4O5/c1-6-13(16(23)19-12-9-10(2)7-8-11(12)3)22-15(18(25)27-5)14(20-21-22)17(24)26-4/h7-9,13H,6H2,1-5H3,(H,19,23)/t13-/m1/s1. The van der Waals surface area contributed by atoms with E-state index >= 15 is 0 Å². The number of hydrogen-bond donors (Lipinski definition) is 1. The van der Waals surface area contributed by atoms with Crippen LogP contribution in [-0.4, -0.2) is 47.1 Å². The molecule has 1 heterocycles. The van der Waals surface area contributed by atoms with Gasteiger partial charge in [0.1, 0.15) is 6.04 Å². The SMILES string of the molecule is CC[C@H](C(=O)Nc1cc(C)ccc1C)n1nnc(C(=O)OC)c1C(=O)OC. The maximum absolute atomic E-state index is 12.9. The molecule has 9 heteroatoms. The first-order chi connectivity index (χ1) is 12.8. The summed E-state index contributed by atoms with van der Waals surface area (Å²) in [5, 5.41) is 10.4. The minimum atomic E-state index is -0.870. The van der Waals surface area contributed by atoms with E-state index in [9.17, 15) is 14.4 Å². The number of methoxy groups -OCH3 is 2. The molecule has 0 aliphatic carbocycles. The van der Waals surface area contributed by atoms with Crippen molar-refractivity contribution in [3.8, 4) is 0 Å². The van der Waals surface area contributed by atoms with E-state index in [2.05, 4.69) is 20.4 Å². The van der Waals surface area contributed by atoms with Crippen molar-refractivity contribution in [2.75, 3.05) is 19.5 Å². The molecular weight excluding hydrogens is 352 g/mol. The topological polar surface area (TPSA) is 112 Å². The summed E-state index contributed by atoms with van der Waals surface area (Å²) >= 11 is 0. The van der Waals surface area contributed by atoms with E-state index in [-0.39, 0.29) is 11.4 Å². The molecule has 0 bridgehead atoms. The number of amides is 1. The third-order valence-electron chi connectivity index (χ3n) is 4.09. The van der Waals surface area contributed by atoms with E-state index in [0.717, 1.165) is 30.0 Å². The molecule has 0 aliphatic rings. The second-order valence-electron chi connectivity index (χ2n) is 5.95. The van der Waals surface area contributed by atoms with Crippen LogP contribution in [-0.2, 0) is 14.3 Å². The zero-order chi connectivity index (χ0) is 20.1. The van der Waals surface area contributed by atoms with E-state index in [0.29, 0.717) is 12.1 Å². The number of anilines is 1. The number of nitrogens with one attached hydrogen (secondary N) is 1. The van der Waals surface area contributed by atoms with Crippen LogP contribution in [0.3, 0.4) is 0 Å². The van der Waals surface area contributed by atoms with Crippen molar-refractivity contribution in [1.29, 1.82) is 0 Å². The summed E-state index contributed by atoms with van der Waals surface area (Å²) in [6.45, 7) is 5.55. The van der Waals surface area contributed by atoms with E-state index in [1.807, 2.05) is 32.0 Å². The van der Waals surface area contributed by atoms with Crippen LogP contribution in [0.1, 0.15) is 51.5 Å². The van der Waals surface area contributed by atoms with Gasteiger partial charge >= 0.3 is 11.9 Å². The second-order valence-corrected chi connectivity index (χ2v) is 5.95. The van der Waals surface area contributed by atoms with Gasteiger partial charge in [0, 0.05) is 5.69 Å². The van der Waals surface area contributed by atoms with Gasteiger partial charge in [0.25, 0.3) is 0 Å². The van der Waals surface area contributed by atoms with Crippen molar-refractivity contribution in [2.45, 2.75) is 33.2 Å². The Kier molecular flexibility index (Phi) is 6.27. The fraction of sp³-hybridized carbons (Fsp3) is 0.389. The van der Waals surface area contributed by atoms with Gasteiger partial charge in [-0.05, 0) is 37.5 Å². The Morgan fingerprint density at radius 1 is 1.15 bits per heavy atom. The molecule has 0 unspecified atom stereocenters. The lowest BCUT2D eigenvalue weighted by atomic mass is 10.1. The fourth-order valence-corrected chi connectivity index (χ4v) is 2.59. The lowest BCUT2D eigenvalue weighted by molar-refractivity contribution is -0.119. The number of aromatic nitrogens is 3. The Balaban J connectivity index is 2.43. The molecule has 1 aromatic carbocycles. The van der Waals surface area contributed by atoms with Crippen molar-refractivity contribution >= 4 is 23.5 Å². The summed E-state index contributed by atoms with van der Waals surface area (Å²) in [6.07, 6.45) is 0.310. The third-order valence-corrected chi connectivity index (χ3v) is 4.09. The second kappa shape index (κ2) is 8.43. The minimum Gasteiger partial charge on any atom is -0.464 e. The molecule has 0 fully saturated rings. The molecular formula is C18H22N4O5. The number of ether oxygens (including phenoxy) is 2. The third kappa shape index (κ3) is 4.13. The molecule has 0 spiro atoms.